The quantitative estimate of drug-likeness (QED) is 0.603. The number of carbonyl (C=O) groups excluding carboxylic acids is 2. The van der Waals surface area contributed by atoms with Gasteiger partial charge >= 0.3 is 6.03 Å². The molecule has 0 spiro atoms. The standard InChI is InChI=1S/C11H21N3O4/c1-3-12-11(16)14-10(15)8(2)13-6-9-7-17-4-5-18-9/h8-9,13H,3-7H2,1-2H3,(H2,12,14,15,16). The zero-order chi connectivity index (χ0) is 13.4. The maximum atomic E-state index is 11.6. The Bertz CT molecular complexity index is 279. The molecule has 0 saturated carbocycles. The van der Waals surface area contributed by atoms with Crippen LogP contribution in [0.1, 0.15) is 13.8 Å². The van der Waals surface area contributed by atoms with Gasteiger partial charge in [-0.05, 0) is 13.8 Å². The Kier molecular flexibility index (Phi) is 6.63. The van der Waals surface area contributed by atoms with Crippen LogP contribution in [-0.2, 0) is 14.3 Å². The van der Waals surface area contributed by atoms with Crippen molar-refractivity contribution in [2.45, 2.75) is 26.0 Å². The minimum Gasteiger partial charge on any atom is -0.376 e. The average Bonchev–Trinajstić information content (AvgIpc) is 2.37. The highest BCUT2D eigenvalue weighted by Crippen LogP contribution is 1.99. The minimum atomic E-state index is -0.478. The fraction of sp³-hybridized carbons (Fsp3) is 0.818. The van der Waals surface area contributed by atoms with Crippen LogP contribution in [0.5, 0.6) is 0 Å². The molecule has 0 aromatic rings. The monoisotopic (exact) mass is 259 g/mol. The van der Waals surface area contributed by atoms with Gasteiger partial charge in [-0.25, -0.2) is 4.79 Å². The second-order valence-electron chi connectivity index (χ2n) is 4.05. The van der Waals surface area contributed by atoms with Crippen molar-refractivity contribution in [2.75, 3.05) is 32.9 Å². The Morgan fingerprint density at radius 2 is 2.17 bits per heavy atom. The van der Waals surface area contributed by atoms with Crippen molar-refractivity contribution in [3.05, 3.63) is 0 Å². The number of rotatable bonds is 5. The number of carbonyl (C=O) groups is 2. The molecular weight excluding hydrogens is 238 g/mol. The van der Waals surface area contributed by atoms with E-state index in [1.54, 1.807) is 13.8 Å². The summed E-state index contributed by atoms with van der Waals surface area (Å²) in [4.78, 5) is 22.7. The summed E-state index contributed by atoms with van der Waals surface area (Å²) < 4.78 is 10.7. The van der Waals surface area contributed by atoms with E-state index in [0.717, 1.165) is 0 Å². The van der Waals surface area contributed by atoms with Gasteiger partial charge in [-0.15, -0.1) is 0 Å². The third-order valence-electron chi connectivity index (χ3n) is 2.50. The Labute approximate surface area is 107 Å². The van der Waals surface area contributed by atoms with Crippen molar-refractivity contribution in [1.82, 2.24) is 16.0 Å². The van der Waals surface area contributed by atoms with Crippen LogP contribution in [0.2, 0.25) is 0 Å². The molecule has 1 rings (SSSR count). The fourth-order valence-corrected chi connectivity index (χ4v) is 1.48. The van der Waals surface area contributed by atoms with E-state index in [4.69, 9.17) is 9.47 Å². The van der Waals surface area contributed by atoms with Gasteiger partial charge in [-0.1, -0.05) is 0 Å². The molecule has 3 N–H and O–H groups in total. The summed E-state index contributed by atoms with van der Waals surface area (Å²) in [5.74, 6) is -0.363. The van der Waals surface area contributed by atoms with Crippen LogP contribution in [0.25, 0.3) is 0 Å². The molecule has 3 amide bonds. The summed E-state index contributed by atoms with van der Waals surface area (Å²) >= 11 is 0. The molecule has 0 aliphatic carbocycles. The zero-order valence-electron chi connectivity index (χ0n) is 10.8. The summed E-state index contributed by atoms with van der Waals surface area (Å²) in [6.45, 7) is 6.19. The Hall–Kier alpha value is -1.18. The van der Waals surface area contributed by atoms with Crippen LogP contribution in [-0.4, -0.2) is 57.0 Å². The first-order valence-electron chi connectivity index (χ1n) is 6.15. The molecule has 104 valence electrons. The highest BCUT2D eigenvalue weighted by molar-refractivity contribution is 5.96. The van der Waals surface area contributed by atoms with Crippen LogP contribution < -0.4 is 16.0 Å². The molecule has 1 aliphatic heterocycles. The molecule has 0 aromatic heterocycles. The van der Waals surface area contributed by atoms with E-state index >= 15 is 0 Å². The number of nitrogens with one attached hydrogen (secondary N) is 3. The predicted octanol–water partition coefficient (Wildman–Crippen LogP) is -0.774. The first-order chi connectivity index (χ1) is 8.63. The van der Waals surface area contributed by atoms with Crippen LogP contribution in [0, 0.1) is 0 Å². The van der Waals surface area contributed by atoms with Crippen LogP contribution in [0.4, 0.5) is 4.79 Å². The number of hydrogen-bond acceptors (Lipinski definition) is 5. The zero-order valence-corrected chi connectivity index (χ0v) is 10.8. The number of ether oxygens (including phenoxy) is 2. The lowest BCUT2D eigenvalue weighted by atomic mass is 10.2. The lowest BCUT2D eigenvalue weighted by molar-refractivity contribution is -0.122. The smallest absolute Gasteiger partial charge is 0.321 e. The van der Waals surface area contributed by atoms with E-state index < -0.39 is 12.1 Å². The van der Waals surface area contributed by atoms with E-state index in [0.29, 0.717) is 32.9 Å². The van der Waals surface area contributed by atoms with Gasteiger partial charge in [0.2, 0.25) is 5.91 Å². The third kappa shape index (κ3) is 5.44. The molecule has 7 heteroatoms. The van der Waals surface area contributed by atoms with Crippen molar-refractivity contribution in [2.24, 2.45) is 0 Å². The maximum absolute atomic E-state index is 11.6. The van der Waals surface area contributed by atoms with Gasteiger partial charge in [0, 0.05) is 13.1 Å². The molecule has 0 bridgehead atoms. The predicted molar refractivity (Wildman–Crippen MR) is 65.2 cm³/mol. The van der Waals surface area contributed by atoms with Gasteiger partial charge in [0.1, 0.15) is 0 Å². The van der Waals surface area contributed by atoms with E-state index in [1.807, 2.05) is 0 Å². The number of hydrogen-bond donors (Lipinski definition) is 3. The molecular formula is C11H21N3O4. The van der Waals surface area contributed by atoms with Gasteiger partial charge in [0.05, 0.1) is 32.0 Å². The fourth-order valence-electron chi connectivity index (χ4n) is 1.48. The molecule has 2 atom stereocenters. The van der Waals surface area contributed by atoms with Gasteiger partial charge in [-0.3, -0.25) is 10.1 Å². The molecule has 1 fully saturated rings. The lowest BCUT2D eigenvalue weighted by Gasteiger charge is -2.24. The summed E-state index contributed by atoms with van der Waals surface area (Å²) in [5, 5.41) is 7.74. The van der Waals surface area contributed by atoms with Crippen LogP contribution in [0.3, 0.4) is 0 Å². The minimum absolute atomic E-state index is 0.0431. The van der Waals surface area contributed by atoms with Crippen molar-refractivity contribution in [1.29, 1.82) is 0 Å². The van der Waals surface area contributed by atoms with E-state index in [9.17, 15) is 9.59 Å². The average molecular weight is 259 g/mol. The SMILES string of the molecule is CCNC(=O)NC(=O)C(C)NCC1COCCO1. The second-order valence-corrected chi connectivity index (χ2v) is 4.05. The topological polar surface area (TPSA) is 88.7 Å². The van der Waals surface area contributed by atoms with Crippen molar-refractivity contribution in [3.8, 4) is 0 Å². The molecule has 18 heavy (non-hydrogen) atoms. The highest BCUT2D eigenvalue weighted by atomic mass is 16.6. The molecule has 0 radical (unpaired) electrons. The number of amides is 3. The van der Waals surface area contributed by atoms with Crippen LogP contribution >= 0.6 is 0 Å². The summed E-state index contributed by atoms with van der Waals surface area (Å²) in [5.41, 5.74) is 0. The van der Waals surface area contributed by atoms with Crippen molar-refractivity contribution < 1.29 is 19.1 Å². The van der Waals surface area contributed by atoms with Gasteiger partial charge < -0.3 is 20.1 Å². The van der Waals surface area contributed by atoms with E-state index in [-0.39, 0.29) is 12.0 Å². The molecule has 2 unspecified atom stereocenters. The maximum Gasteiger partial charge on any atom is 0.321 e. The van der Waals surface area contributed by atoms with Gasteiger partial charge in [0.25, 0.3) is 0 Å². The second kappa shape index (κ2) is 8.02. The van der Waals surface area contributed by atoms with Gasteiger partial charge in [0.15, 0.2) is 0 Å². The molecule has 1 heterocycles. The number of urea groups is 1. The van der Waals surface area contributed by atoms with Crippen molar-refractivity contribution in [3.63, 3.8) is 0 Å². The summed E-state index contributed by atoms with van der Waals surface area (Å²) in [6.07, 6.45) is -0.0431. The number of imide groups is 1. The third-order valence-corrected chi connectivity index (χ3v) is 2.50. The van der Waals surface area contributed by atoms with E-state index in [2.05, 4.69) is 16.0 Å². The Morgan fingerprint density at radius 1 is 1.39 bits per heavy atom. The van der Waals surface area contributed by atoms with Crippen molar-refractivity contribution >= 4 is 11.9 Å². The molecule has 1 saturated heterocycles. The van der Waals surface area contributed by atoms with Crippen LogP contribution in [0.15, 0.2) is 0 Å². The first-order valence-corrected chi connectivity index (χ1v) is 6.15. The molecule has 7 nitrogen and oxygen atoms in total. The lowest BCUT2D eigenvalue weighted by Crippen LogP contribution is -2.50. The Morgan fingerprint density at radius 3 is 2.78 bits per heavy atom. The van der Waals surface area contributed by atoms with E-state index in [1.165, 1.54) is 0 Å². The Balaban J connectivity index is 2.20. The summed E-state index contributed by atoms with van der Waals surface area (Å²) in [7, 11) is 0. The molecule has 1 aliphatic rings. The summed E-state index contributed by atoms with van der Waals surface area (Å²) in [6, 6.07) is -0.938. The molecule has 0 aromatic carbocycles. The van der Waals surface area contributed by atoms with Gasteiger partial charge in [-0.2, -0.15) is 0 Å². The normalized spacial score (nSPS) is 21.1. The first kappa shape index (κ1) is 14.9. The largest absolute Gasteiger partial charge is 0.376 e. The highest BCUT2D eigenvalue weighted by Gasteiger charge is 2.19.